The van der Waals surface area contributed by atoms with E-state index in [0.717, 1.165) is 0 Å². The first-order chi connectivity index (χ1) is 8.54. The van der Waals surface area contributed by atoms with E-state index in [4.69, 9.17) is 5.11 Å². The van der Waals surface area contributed by atoms with Gasteiger partial charge in [-0.25, -0.2) is 0 Å². The molecule has 0 aliphatic rings. The number of fused-ring (bicyclic) bond motifs is 1. The van der Waals surface area contributed by atoms with E-state index in [-0.39, 0.29) is 12.2 Å². The van der Waals surface area contributed by atoms with Gasteiger partial charge in [-0.1, -0.05) is 6.07 Å². The van der Waals surface area contributed by atoms with E-state index in [0.29, 0.717) is 29.6 Å². The molecular weight excluding hydrogens is 234 g/mol. The van der Waals surface area contributed by atoms with Crippen LogP contribution >= 0.6 is 0 Å². The minimum absolute atomic E-state index is 0.0315. The van der Waals surface area contributed by atoms with E-state index in [9.17, 15) is 9.59 Å². The van der Waals surface area contributed by atoms with Crippen molar-refractivity contribution in [1.82, 2.24) is 15.0 Å². The van der Waals surface area contributed by atoms with E-state index < -0.39 is 5.97 Å². The molecule has 18 heavy (non-hydrogen) atoms. The van der Waals surface area contributed by atoms with Crippen molar-refractivity contribution in [3.8, 4) is 0 Å². The number of aromatic nitrogens is 3. The third kappa shape index (κ3) is 2.91. The molecule has 0 atom stereocenters. The van der Waals surface area contributed by atoms with Crippen molar-refractivity contribution in [3.63, 3.8) is 0 Å². The highest BCUT2D eigenvalue weighted by Crippen LogP contribution is 2.12. The lowest BCUT2D eigenvalue weighted by molar-refractivity contribution is -0.136. The molecule has 0 amide bonds. The van der Waals surface area contributed by atoms with Crippen LogP contribution in [0.25, 0.3) is 11.0 Å². The standard InChI is InChI=1S/C12H13N3O3/c1-8(16)4-5-15-13-10-3-2-9(7-12(17)18)6-11(10)14-15/h2-3,6H,4-5,7H2,1H3,(H,17,18). The molecule has 0 aliphatic heterocycles. The summed E-state index contributed by atoms with van der Waals surface area (Å²) < 4.78 is 0. The van der Waals surface area contributed by atoms with Crippen molar-refractivity contribution in [2.45, 2.75) is 26.3 Å². The van der Waals surface area contributed by atoms with Gasteiger partial charge in [0.05, 0.1) is 13.0 Å². The number of Topliss-reactive ketones (excluding diaryl/α,β-unsaturated/α-hetero) is 1. The number of carbonyl (C=O) groups excluding carboxylic acids is 1. The molecule has 0 bridgehead atoms. The van der Waals surface area contributed by atoms with Crippen LogP contribution in [0.4, 0.5) is 0 Å². The number of carbonyl (C=O) groups is 2. The molecule has 1 heterocycles. The topological polar surface area (TPSA) is 85.1 Å². The van der Waals surface area contributed by atoms with Crippen LogP contribution < -0.4 is 0 Å². The Kier molecular flexibility index (Phi) is 3.36. The molecule has 2 rings (SSSR count). The number of aryl methyl sites for hydroxylation is 1. The zero-order valence-corrected chi connectivity index (χ0v) is 9.96. The Morgan fingerprint density at radius 2 is 2.00 bits per heavy atom. The normalized spacial score (nSPS) is 10.7. The lowest BCUT2D eigenvalue weighted by Gasteiger charge is -1.94. The van der Waals surface area contributed by atoms with Gasteiger partial charge in [-0.15, -0.1) is 0 Å². The molecular formula is C12H13N3O3. The number of hydrogen-bond acceptors (Lipinski definition) is 4. The summed E-state index contributed by atoms with van der Waals surface area (Å²) >= 11 is 0. The molecule has 0 saturated carbocycles. The maximum Gasteiger partial charge on any atom is 0.307 e. The van der Waals surface area contributed by atoms with Gasteiger partial charge in [0.25, 0.3) is 0 Å². The second kappa shape index (κ2) is 4.95. The quantitative estimate of drug-likeness (QED) is 0.853. The fourth-order valence-electron chi connectivity index (χ4n) is 1.65. The van der Waals surface area contributed by atoms with Crippen LogP contribution in [0.15, 0.2) is 18.2 Å². The van der Waals surface area contributed by atoms with Crippen molar-refractivity contribution in [2.75, 3.05) is 0 Å². The number of carboxylic acids is 1. The monoisotopic (exact) mass is 247 g/mol. The van der Waals surface area contributed by atoms with Crippen LogP contribution in [-0.2, 0) is 22.6 Å². The molecule has 1 N–H and O–H groups in total. The summed E-state index contributed by atoms with van der Waals surface area (Å²) in [5.74, 6) is -0.791. The van der Waals surface area contributed by atoms with Gasteiger partial charge in [0.2, 0.25) is 0 Å². The summed E-state index contributed by atoms with van der Waals surface area (Å²) in [6.45, 7) is 1.96. The zero-order valence-electron chi connectivity index (χ0n) is 9.96. The molecule has 6 heteroatoms. The van der Waals surface area contributed by atoms with Gasteiger partial charge < -0.3 is 5.11 Å². The molecule has 6 nitrogen and oxygen atoms in total. The minimum Gasteiger partial charge on any atom is -0.481 e. The summed E-state index contributed by atoms with van der Waals surface area (Å²) in [7, 11) is 0. The highest BCUT2D eigenvalue weighted by atomic mass is 16.4. The molecule has 0 saturated heterocycles. The molecule has 1 aromatic carbocycles. The van der Waals surface area contributed by atoms with E-state index >= 15 is 0 Å². The smallest absolute Gasteiger partial charge is 0.307 e. The molecule has 0 aliphatic carbocycles. The average Bonchev–Trinajstić information content (AvgIpc) is 2.67. The Balaban J connectivity index is 2.22. The first-order valence-corrected chi connectivity index (χ1v) is 5.59. The number of aliphatic carboxylic acids is 1. The SMILES string of the molecule is CC(=O)CCn1nc2ccc(CC(=O)O)cc2n1. The predicted molar refractivity (Wildman–Crippen MR) is 64.2 cm³/mol. The van der Waals surface area contributed by atoms with Crippen LogP contribution in [0.3, 0.4) is 0 Å². The lowest BCUT2D eigenvalue weighted by Crippen LogP contribution is -2.05. The third-order valence-corrected chi connectivity index (χ3v) is 2.51. The van der Waals surface area contributed by atoms with Crippen LogP contribution in [0.1, 0.15) is 18.9 Å². The maximum absolute atomic E-state index is 10.9. The van der Waals surface area contributed by atoms with Gasteiger partial charge in [-0.3, -0.25) is 9.59 Å². The van der Waals surface area contributed by atoms with E-state index in [2.05, 4.69) is 10.2 Å². The van der Waals surface area contributed by atoms with Crippen LogP contribution in [-0.4, -0.2) is 31.9 Å². The van der Waals surface area contributed by atoms with Gasteiger partial charge in [0.1, 0.15) is 16.8 Å². The summed E-state index contributed by atoms with van der Waals surface area (Å²) in [6.07, 6.45) is 0.360. The first kappa shape index (κ1) is 12.2. The van der Waals surface area contributed by atoms with Gasteiger partial charge in [-0.2, -0.15) is 15.0 Å². The number of rotatable bonds is 5. The van der Waals surface area contributed by atoms with E-state index in [1.165, 1.54) is 11.7 Å². The summed E-state index contributed by atoms with van der Waals surface area (Å²) in [6, 6.07) is 5.17. The molecule has 0 spiro atoms. The molecule has 0 fully saturated rings. The van der Waals surface area contributed by atoms with Gasteiger partial charge in [0, 0.05) is 6.42 Å². The number of ketones is 1. The van der Waals surface area contributed by atoms with Gasteiger partial charge in [-0.05, 0) is 24.6 Å². The second-order valence-electron chi connectivity index (χ2n) is 4.14. The average molecular weight is 247 g/mol. The van der Waals surface area contributed by atoms with Crippen molar-refractivity contribution in [2.24, 2.45) is 0 Å². The van der Waals surface area contributed by atoms with Crippen molar-refractivity contribution >= 4 is 22.8 Å². The molecule has 0 radical (unpaired) electrons. The Labute approximate surface area is 103 Å². The third-order valence-electron chi connectivity index (χ3n) is 2.51. The fourth-order valence-corrected chi connectivity index (χ4v) is 1.65. The predicted octanol–water partition coefficient (Wildman–Crippen LogP) is 1.04. The Morgan fingerprint density at radius 3 is 2.67 bits per heavy atom. The molecule has 2 aromatic rings. The lowest BCUT2D eigenvalue weighted by atomic mass is 10.1. The van der Waals surface area contributed by atoms with E-state index in [1.807, 2.05) is 0 Å². The molecule has 0 unspecified atom stereocenters. The van der Waals surface area contributed by atoms with Crippen molar-refractivity contribution in [3.05, 3.63) is 23.8 Å². The second-order valence-corrected chi connectivity index (χ2v) is 4.14. The molecule has 1 aromatic heterocycles. The van der Waals surface area contributed by atoms with Crippen molar-refractivity contribution in [1.29, 1.82) is 0 Å². The largest absolute Gasteiger partial charge is 0.481 e. The molecule has 94 valence electrons. The highest BCUT2D eigenvalue weighted by molar-refractivity contribution is 5.77. The van der Waals surface area contributed by atoms with Crippen molar-refractivity contribution < 1.29 is 14.7 Å². The Morgan fingerprint density at radius 1 is 1.28 bits per heavy atom. The summed E-state index contributed by atoms with van der Waals surface area (Å²) in [5, 5.41) is 17.1. The summed E-state index contributed by atoms with van der Waals surface area (Å²) in [4.78, 5) is 23.0. The highest BCUT2D eigenvalue weighted by Gasteiger charge is 2.06. The number of benzene rings is 1. The summed E-state index contributed by atoms with van der Waals surface area (Å²) in [5.41, 5.74) is 2.04. The number of carboxylic acid groups (broad SMARTS) is 1. The number of nitrogens with zero attached hydrogens (tertiary/aromatic N) is 3. The van der Waals surface area contributed by atoms with Gasteiger partial charge >= 0.3 is 5.97 Å². The Hall–Kier alpha value is -2.24. The van der Waals surface area contributed by atoms with Gasteiger partial charge in [0.15, 0.2) is 0 Å². The van der Waals surface area contributed by atoms with Crippen LogP contribution in [0.2, 0.25) is 0 Å². The fraction of sp³-hybridized carbons (Fsp3) is 0.333. The van der Waals surface area contributed by atoms with E-state index in [1.54, 1.807) is 18.2 Å². The minimum atomic E-state index is -0.877. The zero-order chi connectivity index (χ0) is 13.1. The van der Waals surface area contributed by atoms with Crippen LogP contribution in [0.5, 0.6) is 0 Å². The Bertz CT molecular complexity index is 604. The number of hydrogen-bond donors (Lipinski definition) is 1. The van der Waals surface area contributed by atoms with Crippen LogP contribution in [0, 0.1) is 0 Å². The maximum atomic E-state index is 10.9. The first-order valence-electron chi connectivity index (χ1n) is 5.59.